The van der Waals surface area contributed by atoms with Crippen LogP contribution in [0.15, 0.2) is 54.7 Å². The van der Waals surface area contributed by atoms with Crippen LogP contribution in [0.4, 0.5) is 0 Å². The highest BCUT2D eigenvalue weighted by molar-refractivity contribution is 5.91. The van der Waals surface area contributed by atoms with E-state index in [9.17, 15) is 0 Å². The molecular formula is C29H30NO6+. The van der Waals surface area contributed by atoms with E-state index in [1.807, 2.05) is 24.3 Å². The molecular weight excluding hydrogens is 458 g/mol. The molecule has 0 saturated heterocycles. The highest BCUT2D eigenvalue weighted by Crippen LogP contribution is 2.40. The van der Waals surface area contributed by atoms with Crippen LogP contribution in [0.2, 0.25) is 0 Å². The molecule has 0 amide bonds. The Morgan fingerprint density at radius 2 is 1.42 bits per heavy atom. The summed E-state index contributed by atoms with van der Waals surface area (Å²) in [5.41, 5.74) is 4.44. The van der Waals surface area contributed by atoms with E-state index in [2.05, 4.69) is 35.0 Å². The number of hydrogen-bond acceptors (Lipinski definition) is 6. The van der Waals surface area contributed by atoms with E-state index >= 15 is 0 Å². The zero-order chi connectivity index (χ0) is 25.2. The number of nitrogens with zero attached hydrogens (tertiary/aromatic N) is 1. The van der Waals surface area contributed by atoms with Crippen LogP contribution < -0.4 is 33.0 Å². The maximum absolute atomic E-state index is 6.37. The molecule has 0 radical (unpaired) electrons. The normalized spacial score (nSPS) is 11.9. The molecule has 186 valence electrons. The molecule has 5 rings (SSSR count). The maximum Gasteiger partial charge on any atom is 0.213 e. The summed E-state index contributed by atoms with van der Waals surface area (Å²) in [6.07, 6.45) is 3.04. The first kappa shape index (κ1) is 23.6. The van der Waals surface area contributed by atoms with E-state index in [-0.39, 0.29) is 0 Å². The van der Waals surface area contributed by atoms with E-state index in [1.165, 1.54) is 5.56 Å². The smallest absolute Gasteiger partial charge is 0.213 e. The summed E-state index contributed by atoms with van der Waals surface area (Å²) in [4.78, 5) is 0. The molecule has 7 nitrogen and oxygen atoms in total. The lowest BCUT2D eigenvalue weighted by molar-refractivity contribution is -0.686. The summed E-state index contributed by atoms with van der Waals surface area (Å²) >= 11 is 0. The van der Waals surface area contributed by atoms with Gasteiger partial charge in [0.1, 0.15) is 18.1 Å². The summed E-state index contributed by atoms with van der Waals surface area (Å²) in [5.74, 6) is 4.28. The average Bonchev–Trinajstić information content (AvgIpc) is 2.93. The third-order valence-corrected chi connectivity index (χ3v) is 6.60. The lowest BCUT2D eigenvalue weighted by atomic mass is 9.95. The molecule has 3 aromatic carbocycles. The second-order valence-electron chi connectivity index (χ2n) is 8.58. The summed E-state index contributed by atoms with van der Waals surface area (Å²) in [5, 5.41) is 2.04. The number of benzene rings is 3. The SMILES string of the molecule is COc1cc(COc2c(OC)ccc3cc4[n+](cc23)CCc2cc(OC)c(OC)cc2-4)cc(OC)c1. The van der Waals surface area contributed by atoms with Gasteiger partial charge in [-0.25, -0.2) is 0 Å². The second-order valence-corrected chi connectivity index (χ2v) is 8.58. The summed E-state index contributed by atoms with van der Waals surface area (Å²) < 4.78 is 36.2. The van der Waals surface area contributed by atoms with Crippen molar-refractivity contribution in [2.45, 2.75) is 19.6 Å². The Hall–Kier alpha value is -4.13. The Balaban J connectivity index is 1.57. The Morgan fingerprint density at radius 3 is 2.08 bits per heavy atom. The van der Waals surface area contributed by atoms with Crippen LogP contribution in [0.3, 0.4) is 0 Å². The summed E-state index contributed by atoms with van der Waals surface area (Å²) in [6, 6.07) is 16.1. The van der Waals surface area contributed by atoms with Gasteiger partial charge in [0, 0.05) is 18.6 Å². The van der Waals surface area contributed by atoms with E-state index in [4.69, 9.17) is 28.4 Å². The van der Waals surface area contributed by atoms with Crippen molar-refractivity contribution in [3.05, 3.63) is 65.9 Å². The summed E-state index contributed by atoms with van der Waals surface area (Å²) in [6.45, 7) is 1.18. The number of fused-ring (bicyclic) bond motifs is 4. The van der Waals surface area contributed by atoms with E-state index in [1.54, 1.807) is 35.5 Å². The first-order valence-corrected chi connectivity index (χ1v) is 11.7. The zero-order valence-corrected chi connectivity index (χ0v) is 21.2. The van der Waals surface area contributed by atoms with E-state index in [0.29, 0.717) is 29.6 Å². The van der Waals surface area contributed by atoms with Gasteiger partial charge in [-0.3, -0.25) is 0 Å². The topological polar surface area (TPSA) is 59.3 Å². The van der Waals surface area contributed by atoms with Gasteiger partial charge < -0.3 is 28.4 Å². The average molecular weight is 489 g/mol. The lowest BCUT2D eigenvalue weighted by Gasteiger charge is -2.19. The van der Waals surface area contributed by atoms with E-state index in [0.717, 1.165) is 52.1 Å². The van der Waals surface area contributed by atoms with Crippen molar-refractivity contribution in [1.82, 2.24) is 0 Å². The monoisotopic (exact) mass is 488 g/mol. The first-order valence-electron chi connectivity index (χ1n) is 11.7. The van der Waals surface area contributed by atoms with Crippen molar-refractivity contribution in [1.29, 1.82) is 0 Å². The fraction of sp³-hybridized carbons (Fsp3) is 0.276. The molecule has 1 aliphatic rings. The molecule has 0 bridgehead atoms. The molecule has 0 atom stereocenters. The fourth-order valence-electron chi connectivity index (χ4n) is 4.75. The molecule has 36 heavy (non-hydrogen) atoms. The number of hydrogen-bond donors (Lipinski definition) is 0. The third kappa shape index (κ3) is 4.21. The molecule has 0 spiro atoms. The summed E-state index contributed by atoms with van der Waals surface area (Å²) in [7, 11) is 8.26. The van der Waals surface area contributed by atoms with Crippen LogP contribution in [-0.2, 0) is 19.6 Å². The van der Waals surface area contributed by atoms with Gasteiger partial charge in [-0.05, 0) is 52.9 Å². The molecule has 0 aliphatic carbocycles. The second kappa shape index (κ2) is 9.85. The van der Waals surface area contributed by atoms with Crippen molar-refractivity contribution >= 4 is 10.8 Å². The maximum atomic E-state index is 6.37. The molecule has 0 saturated carbocycles. The molecule has 0 fully saturated rings. The molecule has 1 aliphatic heterocycles. The van der Waals surface area contributed by atoms with Crippen molar-refractivity contribution in [2.24, 2.45) is 0 Å². The minimum absolute atomic E-state index is 0.338. The van der Waals surface area contributed by atoms with Crippen LogP contribution in [0.25, 0.3) is 22.0 Å². The van der Waals surface area contributed by atoms with Crippen molar-refractivity contribution in [3.8, 4) is 45.8 Å². The molecule has 7 heteroatoms. The molecule has 0 N–H and O–H groups in total. The lowest BCUT2D eigenvalue weighted by Crippen LogP contribution is -2.40. The minimum atomic E-state index is 0.338. The molecule has 0 unspecified atom stereocenters. The molecule has 1 aromatic heterocycles. The van der Waals surface area contributed by atoms with Gasteiger partial charge in [-0.2, -0.15) is 4.57 Å². The fourth-order valence-corrected chi connectivity index (χ4v) is 4.75. The standard InChI is InChI=1S/C29H30NO6/c1-31-21-10-18(11-22(14-21)32-2)17-36-29-24-16-30-9-8-20-13-27(34-4)28(35-5)15-23(20)25(30)12-19(24)6-7-26(29)33-3/h6-7,10-16H,8-9,17H2,1-5H3/q+1. The van der Waals surface area contributed by atoms with Crippen LogP contribution in [0.1, 0.15) is 11.1 Å². The zero-order valence-electron chi connectivity index (χ0n) is 21.2. The first-order chi connectivity index (χ1) is 17.6. The van der Waals surface area contributed by atoms with Gasteiger partial charge in [0.05, 0.1) is 46.5 Å². The Bertz CT molecular complexity index is 1410. The Labute approximate surface area is 210 Å². The number of aromatic nitrogens is 1. The predicted molar refractivity (Wildman–Crippen MR) is 137 cm³/mol. The molecule has 4 aromatic rings. The van der Waals surface area contributed by atoms with Crippen molar-refractivity contribution in [3.63, 3.8) is 0 Å². The number of aryl methyl sites for hydroxylation is 2. The quantitative estimate of drug-likeness (QED) is 0.326. The number of ether oxygens (including phenoxy) is 6. The highest BCUT2D eigenvalue weighted by Gasteiger charge is 2.27. The highest BCUT2D eigenvalue weighted by atomic mass is 16.5. The molecule has 2 heterocycles. The van der Waals surface area contributed by atoms with Gasteiger partial charge >= 0.3 is 0 Å². The van der Waals surface area contributed by atoms with Crippen molar-refractivity contribution in [2.75, 3.05) is 35.5 Å². The van der Waals surface area contributed by atoms with E-state index < -0.39 is 0 Å². The van der Waals surface area contributed by atoms with Gasteiger partial charge in [-0.15, -0.1) is 0 Å². The third-order valence-electron chi connectivity index (χ3n) is 6.60. The van der Waals surface area contributed by atoms with Gasteiger partial charge in [0.15, 0.2) is 35.7 Å². The van der Waals surface area contributed by atoms with Crippen LogP contribution in [0.5, 0.6) is 34.5 Å². The van der Waals surface area contributed by atoms with Crippen molar-refractivity contribution < 1.29 is 33.0 Å². The van der Waals surface area contributed by atoms with Gasteiger partial charge in [0.2, 0.25) is 5.69 Å². The van der Waals surface area contributed by atoms with Crippen LogP contribution in [0, 0.1) is 0 Å². The predicted octanol–water partition coefficient (Wildman–Crippen LogP) is 4.97. The minimum Gasteiger partial charge on any atom is -0.497 e. The van der Waals surface area contributed by atoms with Gasteiger partial charge in [-0.1, -0.05) is 0 Å². The van der Waals surface area contributed by atoms with Crippen LogP contribution in [-0.4, -0.2) is 35.5 Å². The Morgan fingerprint density at radius 1 is 0.722 bits per heavy atom. The largest absolute Gasteiger partial charge is 0.497 e. The van der Waals surface area contributed by atoms with Gasteiger partial charge in [0.25, 0.3) is 0 Å². The Kier molecular flexibility index (Phi) is 6.46. The number of rotatable bonds is 8. The number of methoxy groups -OCH3 is 5. The van der Waals surface area contributed by atoms with Crippen LogP contribution >= 0.6 is 0 Å². The number of pyridine rings is 1.